The van der Waals surface area contributed by atoms with Gasteiger partial charge >= 0.3 is 5.69 Å². The summed E-state index contributed by atoms with van der Waals surface area (Å²) in [7, 11) is 1.37. The number of rotatable bonds is 3. The molecule has 0 bridgehead atoms. The first-order valence-electron chi connectivity index (χ1n) is 7.16. The molecule has 1 aliphatic carbocycles. The maximum atomic E-state index is 12.6. The summed E-state index contributed by atoms with van der Waals surface area (Å²) in [5, 5.41) is 0. The lowest BCUT2D eigenvalue weighted by Gasteiger charge is -2.33. The quantitative estimate of drug-likeness (QED) is 0.892. The van der Waals surface area contributed by atoms with Gasteiger partial charge in [0, 0.05) is 25.8 Å². The Labute approximate surface area is 117 Å². The number of nitrogens with one attached hydrogen (secondary N) is 1. The summed E-state index contributed by atoms with van der Waals surface area (Å²) in [6.45, 7) is 2.49. The Morgan fingerprint density at radius 2 is 2.00 bits per heavy atom. The molecule has 0 atom stereocenters. The van der Waals surface area contributed by atoms with Crippen LogP contribution in [0.2, 0.25) is 0 Å². The minimum Gasteiger partial charge on any atom is -0.336 e. The summed E-state index contributed by atoms with van der Waals surface area (Å²) in [6.07, 6.45) is 6.67. The monoisotopic (exact) mass is 279 g/mol. The summed E-state index contributed by atoms with van der Waals surface area (Å²) < 4.78 is 0.932. The number of aromatic nitrogens is 2. The highest BCUT2D eigenvalue weighted by Crippen LogP contribution is 2.23. The third-order valence-corrected chi connectivity index (χ3v) is 4.03. The first-order chi connectivity index (χ1) is 9.56. The van der Waals surface area contributed by atoms with Crippen molar-refractivity contribution in [2.24, 2.45) is 7.05 Å². The molecule has 1 aliphatic rings. The van der Waals surface area contributed by atoms with Crippen LogP contribution in [0.4, 0.5) is 0 Å². The zero-order valence-corrected chi connectivity index (χ0v) is 12.0. The molecule has 6 nitrogen and oxygen atoms in total. The number of aromatic amines is 1. The van der Waals surface area contributed by atoms with Gasteiger partial charge in [0.2, 0.25) is 0 Å². The third kappa shape index (κ3) is 2.69. The van der Waals surface area contributed by atoms with E-state index in [0.717, 1.165) is 30.3 Å². The predicted octanol–water partition coefficient (Wildman–Crippen LogP) is 0.868. The molecule has 6 heteroatoms. The maximum Gasteiger partial charge on any atom is 0.328 e. The van der Waals surface area contributed by atoms with Crippen LogP contribution in [0.1, 0.15) is 49.4 Å². The highest BCUT2D eigenvalue weighted by molar-refractivity contribution is 5.93. The van der Waals surface area contributed by atoms with Crippen LogP contribution in [0.25, 0.3) is 0 Å². The number of amides is 1. The Bertz CT molecular complexity index is 596. The van der Waals surface area contributed by atoms with E-state index >= 15 is 0 Å². The van der Waals surface area contributed by atoms with Crippen LogP contribution in [0, 0.1) is 0 Å². The highest BCUT2D eigenvalue weighted by Gasteiger charge is 2.27. The van der Waals surface area contributed by atoms with Crippen molar-refractivity contribution in [3.63, 3.8) is 0 Å². The van der Waals surface area contributed by atoms with Crippen LogP contribution >= 0.6 is 0 Å². The fourth-order valence-corrected chi connectivity index (χ4v) is 2.83. The topological polar surface area (TPSA) is 75.2 Å². The number of H-pyrrole nitrogens is 1. The van der Waals surface area contributed by atoms with E-state index in [-0.39, 0.29) is 17.5 Å². The van der Waals surface area contributed by atoms with Crippen LogP contribution in [-0.2, 0) is 7.05 Å². The Morgan fingerprint density at radius 1 is 1.35 bits per heavy atom. The number of nitrogens with zero attached hydrogens (tertiary/aromatic N) is 2. The predicted molar refractivity (Wildman–Crippen MR) is 75.9 cm³/mol. The number of hydrogen-bond donors (Lipinski definition) is 1. The lowest BCUT2D eigenvalue weighted by molar-refractivity contribution is 0.0645. The first-order valence-corrected chi connectivity index (χ1v) is 7.16. The highest BCUT2D eigenvalue weighted by atomic mass is 16.2. The van der Waals surface area contributed by atoms with Gasteiger partial charge in [0.1, 0.15) is 5.56 Å². The van der Waals surface area contributed by atoms with E-state index in [9.17, 15) is 14.4 Å². The minimum atomic E-state index is -0.534. The molecule has 1 aromatic rings. The second-order valence-electron chi connectivity index (χ2n) is 5.25. The molecule has 1 fully saturated rings. The van der Waals surface area contributed by atoms with Crippen LogP contribution in [0.15, 0.2) is 15.8 Å². The number of hydrogen-bond acceptors (Lipinski definition) is 3. The van der Waals surface area contributed by atoms with Gasteiger partial charge in [-0.3, -0.25) is 14.2 Å². The summed E-state index contributed by atoms with van der Waals surface area (Å²) in [4.78, 5) is 40.1. The fourth-order valence-electron chi connectivity index (χ4n) is 2.83. The smallest absolute Gasteiger partial charge is 0.328 e. The third-order valence-electron chi connectivity index (χ3n) is 4.03. The molecule has 0 spiro atoms. The summed E-state index contributed by atoms with van der Waals surface area (Å²) in [6, 6.07) is 0.206. The normalized spacial score (nSPS) is 16.1. The molecule has 1 amide bonds. The van der Waals surface area contributed by atoms with E-state index < -0.39 is 11.2 Å². The van der Waals surface area contributed by atoms with Gasteiger partial charge in [-0.05, 0) is 19.8 Å². The molecule has 1 heterocycles. The van der Waals surface area contributed by atoms with Crippen molar-refractivity contribution in [1.29, 1.82) is 0 Å². The average molecular weight is 279 g/mol. The van der Waals surface area contributed by atoms with Crippen molar-refractivity contribution >= 4 is 5.91 Å². The van der Waals surface area contributed by atoms with Crippen LogP contribution in [0.5, 0.6) is 0 Å². The maximum absolute atomic E-state index is 12.6. The van der Waals surface area contributed by atoms with Gasteiger partial charge in [-0.15, -0.1) is 0 Å². The van der Waals surface area contributed by atoms with Crippen LogP contribution in [-0.4, -0.2) is 32.9 Å². The molecular formula is C14H21N3O3. The second-order valence-corrected chi connectivity index (χ2v) is 5.25. The van der Waals surface area contributed by atoms with E-state index in [1.54, 1.807) is 4.90 Å². The van der Waals surface area contributed by atoms with E-state index in [1.807, 2.05) is 6.92 Å². The zero-order valence-electron chi connectivity index (χ0n) is 12.0. The number of carbonyl (C=O) groups is 1. The van der Waals surface area contributed by atoms with Crippen LogP contribution < -0.4 is 11.2 Å². The van der Waals surface area contributed by atoms with Crippen molar-refractivity contribution < 1.29 is 4.79 Å². The molecule has 20 heavy (non-hydrogen) atoms. The lowest BCUT2D eigenvalue weighted by atomic mass is 9.94. The molecular weight excluding hydrogens is 258 g/mol. The SMILES string of the molecule is CCN(C(=O)c1c[nH]c(=O)n(C)c1=O)C1CCCCC1. The van der Waals surface area contributed by atoms with Gasteiger partial charge in [0.05, 0.1) is 0 Å². The van der Waals surface area contributed by atoms with Crippen molar-refractivity contribution in [1.82, 2.24) is 14.5 Å². The Hall–Kier alpha value is -1.85. The van der Waals surface area contributed by atoms with E-state index in [0.29, 0.717) is 6.54 Å². The summed E-state index contributed by atoms with van der Waals surface area (Å²) in [5.41, 5.74) is -1.00. The van der Waals surface area contributed by atoms with E-state index in [4.69, 9.17) is 0 Å². The van der Waals surface area contributed by atoms with Gasteiger partial charge < -0.3 is 9.88 Å². The average Bonchev–Trinajstić information content (AvgIpc) is 2.47. The Balaban J connectivity index is 2.31. The molecule has 0 radical (unpaired) electrons. The first kappa shape index (κ1) is 14.6. The van der Waals surface area contributed by atoms with Gasteiger partial charge in [-0.1, -0.05) is 19.3 Å². The Kier molecular flexibility index (Phi) is 4.42. The van der Waals surface area contributed by atoms with E-state index in [2.05, 4.69) is 4.98 Å². The van der Waals surface area contributed by atoms with Gasteiger partial charge in [0.25, 0.3) is 11.5 Å². The van der Waals surface area contributed by atoms with Crippen molar-refractivity contribution in [3.05, 3.63) is 32.6 Å². The molecule has 0 aliphatic heterocycles. The van der Waals surface area contributed by atoms with Crippen molar-refractivity contribution in [3.8, 4) is 0 Å². The Morgan fingerprint density at radius 3 is 2.60 bits per heavy atom. The standard InChI is InChI=1S/C14H21N3O3/c1-3-17(10-7-5-4-6-8-10)13(19)11-9-15-14(20)16(2)12(11)18/h9-10H,3-8H2,1-2H3,(H,15,20). The van der Waals surface area contributed by atoms with Crippen molar-refractivity contribution in [2.45, 2.75) is 45.1 Å². The lowest BCUT2D eigenvalue weighted by Crippen LogP contribution is -2.45. The molecule has 2 rings (SSSR count). The van der Waals surface area contributed by atoms with Crippen LogP contribution in [0.3, 0.4) is 0 Å². The molecule has 1 saturated carbocycles. The summed E-state index contributed by atoms with van der Waals surface area (Å²) in [5.74, 6) is -0.281. The zero-order chi connectivity index (χ0) is 14.7. The molecule has 1 N–H and O–H groups in total. The van der Waals surface area contributed by atoms with Gasteiger partial charge in [-0.25, -0.2) is 4.79 Å². The molecule has 0 aromatic carbocycles. The number of carbonyl (C=O) groups excluding carboxylic acids is 1. The van der Waals surface area contributed by atoms with E-state index in [1.165, 1.54) is 19.7 Å². The summed E-state index contributed by atoms with van der Waals surface area (Å²) >= 11 is 0. The molecule has 0 unspecified atom stereocenters. The minimum absolute atomic E-state index is 0.0412. The van der Waals surface area contributed by atoms with Gasteiger partial charge in [0.15, 0.2) is 0 Å². The molecule has 1 aromatic heterocycles. The second kappa shape index (κ2) is 6.07. The van der Waals surface area contributed by atoms with Crippen molar-refractivity contribution in [2.75, 3.05) is 6.54 Å². The molecule has 0 saturated heterocycles. The molecule has 110 valence electrons. The fraction of sp³-hybridized carbons (Fsp3) is 0.643. The van der Waals surface area contributed by atoms with Gasteiger partial charge in [-0.2, -0.15) is 0 Å². The largest absolute Gasteiger partial charge is 0.336 e.